The van der Waals surface area contributed by atoms with E-state index in [0.29, 0.717) is 0 Å². The quantitative estimate of drug-likeness (QED) is 0.885. The lowest BCUT2D eigenvalue weighted by Crippen LogP contribution is -2.46. The maximum Gasteiger partial charge on any atom is 0.253 e. The molecule has 2 unspecified atom stereocenters. The molecule has 1 amide bonds. The van der Waals surface area contributed by atoms with Gasteiger partial charge in [0.25, 0.3) is 5.91 Å². The van der Waals surface area contributed by atoms with Gasteiger partial charge in [0.15, 0.2) is 0 Å². The highest BCUT2D eigenvalue weighted by molar-refractivity contribution is 6.07. The van der Waals surface area contributed by atoms with E-state index in [1.165, 1.54) is 5.57 Å². The van der Waals surface area contributed by atoms with Crippen LogP contribution in [0.25, 0.3) is 10.9 Å². The topological polar surface area (TPSA) is 43.3 Å². The van der Waals surface area contributed by atoms with Crippen molar-refractivity contribution in [3.63, 3.8) is 0 Å². The van der Waals surface area contributed by atoms with Crippen molar-refractivity contribution in [3.05, 3.63) is 48.2 Å². The molecule has 3 rings (SSSR count). The highest BCUT2D eigenvalue weighted by Gasteiger charge is 2.28. The zero-order valence-electron chi connectivity index (χ0n) is 13.1. The van der Waals surface area contributed by atoms with Crippen molar-refractivity contribution in [1.29, 1.82) is 0 Å². The first kappa shape index (κ1) is 14.9. The number of nitrogens with one attached hydrogen (secondary N) is 1. The number of aromatic nitrogens is 1. The summed E-state index contributed by atoms with van der Waals surface area (Å²) >= 11 is 0. The van der Waals surface area contributed by atoms with Gasteiger partial charge in [-0.3, -0.25) is 4.79 Å². The van der Waals surface area contributed by atoms with Crippen LogP contribution >= 0.6 is 0 Å². The molecular formula is C18H22N2O2. The predicted molar refractivity (Wildman–Crippen MR) is 88.0 cm³/mol. The molecular weight excluding hydrogens is 276 g/mol. The van der Waals surface area contributed by atoms with Gasteiger partial charge in [0.2, 0.25) is 0 Å². The maximum absolute atomic E-state index is 12.7. The van der Waals surface area contributed by atoms with Crippen molar-refractivity contribution < 1.29 is 9.53 Å². The van der Waals surface area contributed by atoms with Crippen LogP contribution in [0.15, 0.2) is 42.6 Å². The minimum Gasteiger partial charge on any atom is -0.379 e. The molecule has 1 fully saturated rings. The van der Waals surface area contributed by atoms with Crippen LogP contribution in [0, 0.1) is 0 Å². The van der Waals surface area contributed by atoms with Gasteiger partial charge in [-0.1, -0.05) is 30.4 Å². The van der Waals surface area contributed by atoms with E-state index in [4.69, 9.17) is 4.74 Å². The van der Waals surface area contributed by atoms with Crippen LogP contribution in [0.4, 0.5) is 0 Å². The van der Waals surface area contributed by atoms with Crippen molar-refractivity contribution in [2.45, 2.75) is 31.4 Å². The van der Waals surface area contributed by atoms with Gasteiger partial charge in [-0.05, 0) is 25.3 Å². The average Bonchev–Trinajstić information content (AvgIpc) is 2.87. The Morgan fingerprint density at radius 3 is 2.95 bits per heavy atom. The normalized spacial score (nSPS) is 22.0. The van der Waals surface area contributed by atoms with E-state index in [1.54, 1.807) is 7.11 Å². The SMILES string of the molecule is C=C1CCC(NC(=O)c2cn(C)c3ccccc23)C(OC)C1. The Balaban J connectivity index is 1.83. The van der Waals surface area contributed by atoms with E-state index in [2.05, 4.69) is 11.9 Å². The van der Waals surface area contributed by atoms with Crippen LogP contribution in [0.1, 0.15) is 29.6 Å². The molecule has 2 aromatic rings. The summed E-state index contributed by atoms with van der Waals surface area (Å²) in [7, 11) is 3.65. The van der Waals surface area contributed by atoms with Gasteiger partial charge in [-0.2, -0.15) is 0 Å². The van der Waals surface area contributed by atoms with E-state index < -0.39 is 0 Å². The zero-order valence-corrected chi connectivity index (χ0v) is 13.1. The van der Waals surface area contributed by atoms with Crippen molar-refractivity contribution in [2.75, 3.05) is 7.11 Å². The van der Waals surface area contributed by atoms with Gasteiger partial charge in [-0.25, -0.2) is 0 Å². The molecule has 1 aromatic heterocycles. The second kappa shape index (κ2) is 5.97. The van der Waals surface area contributed by atoms with Crippen LogP contribution in [0.2, 0.25) is 0 Å². The van der Waals surface area contributed by atoms with Gasteiger partial charge in [0.05, 0.1) is 17.7 Å². The second-order valence-electron chi connectivity index (χ2n) is 6.02. The number of aryl methyl sites for hydroxylation is 1. The van der Waals surface area contributed by atoms with Crippen LogP contribution < -0.4 is 5.32 Å². The van der Waals surface area contributed by atoms with Crippen molar-refractivity contribution in [2.24, 2.45) is 7.05 Å². The lowest BCUT2D eigenvalue weighted by molar-refractivity contribution is 0.0508. The third kappa shape index (κ3) is 2.66. The first-order valence-electron chi connectivity index (χ1n) is 7.64. The summed E-state index contributed by atoms with van der Waals surface area (Å²) in [6, 6.07) is 8.00. The summed E-state index contributed by atoms with van der Waals surface area (Å²) < 4.78 is 7.51. The second-order valence-corrected chi connectivity index (χ2v) is 6.02. The molecule has 1 aliphatic rings. The number of amides is 1. The molecule has 2 atom stereocenters. The number of fused-ring (bicyclic) bond motifs is 1. The fourth-order valence-electron chi connectivity index (χ4n) is 3.26. The number of benzene rings is 1. The highest BCUT2D eigenvalue weighted by Crippen LogP contribution is 2.26. The summed E-state index contributed by atoms with van der Waals surface area (Å²) in [5.74, 6) is -0.0311. The molecule has 116 valence electrons. The third-order valence-electron chi connectivity index (χ3n) is 4.51. The molecule has 0 spiro atoms. The maximum atomic E-state index is 12.7. The zero-order chi connectivity index (χ0) is 15.7. The van der Waals surface area contributed by atoms with Crippen molar-refractivity contribution in [1.82, 2.24) is 9.88 Å². The van der Waals surface area contributed by atoms with E-state index in [9.17, 15) is 4.79 Å². The fraction of sp³-hybridized carbons (Fsp3) is 0.389. The molecule has 1 aromatic carbocycles. The Morgan fingerprint density at radius 1 is 1.41 bits per heavy atom. The van der Waals surface area contributed by atoms with Crippen molar-refractivity contribution >= 4 is 16.8 Å². The van der Waals surface area contributed by atoms with Crippen LogP contribution in [-0.4, -0.2) is 29.7 Å². The molecule has 0 bridgehead atoms. The van der Waals surface area contributed by atoms with Crippen LogP contribution in [-0.2, 0) is 11.8 Å². The standard InChI is InChI=1S/C18H22N2O2/c1-12-8-9-15(17(10-12)22-3)19-18(21)14-11-20(2)16-7-5-4-6-13(14)16/h4-7,11,15,17H,1,8-10H2,2-3H3,(H,19,21). The van der Waals surface area contributed by atoms with Gasteiger partial charge in [0, 0.05) is 31.3 Å². The van der Waals surface area contributed by atoms with E-state index in [0.717, 1.165) is 35.7 Å². The van der Waals surface area contributed by atoms with Crippen LogP contribution in [0.3, 0.4) is 0 Å². The third-order valence-corrected chi connectivity index (χ3v) is 4.51. The molecule has 1 aliphatic carbocycles. The number of methoxy groups -OCH3 is 1. The molecule has 4 nitrogen and oxygen atoms in total. The van der Waals surface area contributed by atoms with E-state index in [1.807, 2.05) is 42.1 Å². The van der Waals surface area contributed by atoms with Gasteiger partial charge in [-0.15, -0.1) is 0 Å². The number of carbonyl (C=O) groups is 1. The number of hydrogen-bond donors (Lipinski definition) is 1. The molecule has 22 heavy (non-hydrogen) atoms. The van der Waals surface area contributed by atoms with Gasteiger partial charge >= 0.3 is 0 Å². The number of para-hydroxylation sites is 1. The smallest absolute Gasteiger partial charge is 0.253 e. The predicted octanol–water partition coefficient (Wildman–Crippen LogP) is 3.03. The molecule has 0 saturated heterocycles. The Hall–Kier alpha value is -2.07. The Bertz CT molecular complexity index is 717. The largest absolute Gasteiger partial charge is 0.379 e. The Kier molecular flexibility index (Phi) is 4.03. The summed E-state index contributed by atoms with van der Waals surface area (Å²) in [4.78, 5) is 12.7. The molecule has 1 heterocycles. The molecule has 0 aliphatic heterocycles. The summed E-state index contributed by atoms with van der Waals surface area (Å²) in [6.07, 6.45) is 4.55. The molecule has 1 N–H and O–H groups in total. The minimum atomic E-state index is -0.0311. The number of hydrogen-bond acceptors (Lipinski definition) is 2. The fourth-order valence-corrected chi connectivity index (χ4v) is 3.26. The number of rotatable bonds is 3. The number of nitrogens with zero attached hydrogens (tertiary/aromatic N) is 1. The summed E-state index contributed by atoms with van der Waals surface area (Å²) in [5, 5.41) is 4.13. The van der Waals surface area contributed by atoms with Crippen LogP contribution in [0.5, 0.6) is 0 Å². The van der Waals surface area contributed by atoms with E-state index >= 15 is 0 Å². The average molecular weight is 298 g/mol. The van der Waals surface area contributed by atoms with Gasteiger partial charge in [0.1, 0.15) is 0 Å². The highest BCUT2D eigenvalue weighted by atomic mass is 16.5. The lowest BCUT2D eigenvalue weighted by Gasteiger charge is -2.32. The molecule has 0 radical (unpaired) electrons. The van der Waals surface area contributed by atoms with E-state index in [-0.39, 0.29) is 18.1 Å². The summed E-state index contributed by atoms with van der Waals surface area (Å²) in [5.41, 5.74) is 2.98. The minimum absolute atomic E-state index is 0.0141. The Morgan fingerprint density at radius 2 is 2.18 bits per heavy atom. The monoisotopic (exact) mass is 298 g/mol. The first-order valence-corrected chi connectivity index (χ1v) is 7.64. The summed E-state index contributed by atoms with van der Waals surface area (Å²) in [6.45, 7) is 4.03. The number of ether oxygens (including phenoxy) is 1. The Labute approximate surface area is 130 Å². The lowest BCUT2D eigenvalue weighted by atomic mass is 9.89. The first-order chi connectivity index (χ1) is 10.6. The van der Waals surface area contributed by atoms with Crippen molar-refractivity contribution in [3.8, 4) is 0 Å². The molecule has 4 heteroatoms. The number of carbonyl (C=O) groups excluding carboxylic acids is 1. The van der Waals surface area contributed by atoms with Gasteiger partial charge < -0.3 is 14.6 Å². The molecule has 1 saturated carbocycles.